The Hall–Kier alpha value is -1.18. The molecule has 1 aromatic rings. The predicted octanol–water partition coefficient (Wildman–Crippen LogP) is 4.64. The Morgan fingerprint density at radius 3 is 2.85 bits per heavy atom. The van der Waals surface area contributed by atoms with Crippen LogP contribution in [0.2, 0.25) is 0 Å². The fourth-order valence-corrected chi connectivity index (χ4v) is 4.08. The molecule has 0 bridgehead atoms. The summed E-state index contributed by atoms with van der Waals surface area (Å²) in [6, 6.07) is 6.48. The maximum absolute atomic E-state index is 6.14. The molecule has 1 fully saturated rings. The molecule has 1 unspecified atom stereocenters. The monoisotopic (exact) mass is 273 g/mol. The first kappa shape index (κ1) is 13.8. The van der Waals surface area contributed by atoms with Crippen molar-refractivity contribution in [1.29, 1.82) is 0 Å². The van der Waals surface area contributed by atoms with Crippen LogP contribution in [0.1, 0.15) is 52.0 Å². The van der Waals surface area contributed by atoms with Crippen LogP contribution in [-0.2, 0) is 6.42 Å². The highest BCUT2D eigenvalue weighted by atomic mass is 16.5. The predicted molar refractivity (Wildman–Crippen MR) is 84.5 cm³/mol. The molecule has 2 aliphatic rings. The van der Waals surface area contributed by atoms with Gasteiger partial charge in [-0.25, -0.2) is 0 Å². The van der Waals surface area contributed by atoms with Crippen LogP contribution in [0.25, 0.3) is 0 Å². The van der Waals surface area contributed by atoms with Gasteiger partial charge in [0.15, 0.2) is 0 Å². The van der Waals surface area contributed by atoms with E-state index in [9.17, 15) is 0 Å². The van der Waals surface area contributed by atoms with Crippen molar-refractivity contribution in [3.63, 3.8) is 0 Å². The van der Waals surface area contributed by atoms with Crippen molar-refractivity contribution in [3.8, 4) is 5.75 Å². The minimum atomic E-state index is 0.332. The first-order valence-corrected chi connectivity index (χ1v) is 7.96. The molecular formula is C18H27NO. The van der Waals surface area contributed by atoms with E-state index in [0.29, 0.717) is 10.8 Å². The van der Waals surface area contributed by atoms with Crippen LogP contribution in [0.15, 0.2) is 18.2 Å². The molecule has 0 saturated heterocycles. The number of ether oxygens (including phenoxy) is 1. The SMILES string of the molecule is CC1(C)CCCC(C)(COc2ccc3c(c2)CCN3)C1. The zero-order chi connectivity index (χ0) is 14.2. The second-order valence-corrected chi connectivity index (χ2v) is 7.79. The maximum atomic E-state index is 6.14. The Morgan fingerprint density at radius 2 is 2.05 bits per heavy atom. The molecule has 0 radical (unpaired) electrons. The third kappa shape index (κ3) is 2.94. The van der Waals surface area contributed by atoms with E-state index < -0.39 is 0 Å². The summed E-state index contributed by atoms with van der Waals surface area (Å²) < 4.78 is 6.14. The van der Waals surface area contributed by atoms with E-state index in [2.05, 4.69) is 44.3 Å². The molecule has 1 aliphatic heterocycles. The lowest BCUT2D eigenvalue weighted by molar-refractivity contribution is 0.0505. The van der Waals surface area contributed by atoms with Gasteiger partial charge >= 0.3 is 0 Å². The van der Waals surface area contributed by atoms with Gasteiger partial charge in [-0.2, -0.15) is 0 Å². The van der Waals surface area contributed by atoms with Gasteiger partial charge in [0, 0.05) is 17.6 Å². The Bertz CT molecular complexity index is 494. The summed E-state index contributed by atoms with van der Waals surface area (Å²) in [5, 5.41) is 3.40. The zero-order valence-corrected chi connectivity index (χ0v) is 13.1. The molecule has 1 saturated carbocycles. The first-order valence-electron chi connectivity index (χ1n) is 7.96. The van der Waals surface area contributed by atoms with Crippen LogP contribution < -0.4 is 10.1 Å². The van der Waals surface area contributed by atoms with E-state index in [1.54, 1.807) is 0 Å². The normalized spacial score (nSPS) is 27.8. The average Bonchev–Trinajstić information content (AvgIpc) is 2.82. The van der Waals surface area contributed by atoms with Gasteiger partial charge < -0.3 is 10.1 Å². The molecule has 3 rings (SSSR count). The summed E-state index contributed by atoms with van der Waals surface area (Å²) >= 11 is 0. The minimum absolute atomic E-state index is 0.332. The van der Waals surface area contributed by atoms with Crippen molar-refractivity contribution < 1.29 is 4.74 Å². The smallest absolute Gasteiger partial charge is 0.119 e. The summed E-state index contributed by atoms with van der Waals surface area (Å²) in [6.07, 6.45) is 6.38. The van der Waals surface area contributed by atoms with Gasteiger partial charge in [-0.3, -0.25) is 0 Å². The van der Waals surface area contributed by atoms with E-state index in [1.165, 1.54) is 36.9 Å². The standard InChI is InChI=1S/C18H27NO/c1-17(2)8-4-9-18(3,12-17)13-20-15-5-6-16-14(11-15)7-10-19-16/h5-6,11,19H,4,7-10,12-13H2,1-3H3. The van der Waals surface area contributed by atoms with Gasteiger partial charge in [0.25, 0.3) is 0 Å². The summed E-state index contributed by atoms with van der Waals surface area (Å²) in [6.45, 7) is 9.09. The van der Waals surface area contributed by atoms with Crippen molar-refractivity contribution in [2.24, 2.45) is 10.8 Å². The van der Waals surface area contributed by atoms with E-state index >= 15 is 0 Å². The zero-order valence-electron chi connectivity index (χ0n) is 13.1. The highest BCUT2D eigenvalue weighted by Gasteiger charge is 2.37. The molecule has 20 heavy (non-hydrogen) atoms. The summed E-state index contributed by atoms with van der Waals surface area (Å²) in [5.74, 6) is 1.04. The lowest BCUT2D eigenvalue weighted by Crippen LogP contribution is -2.35. The molecule has 1 atom stereocenters. The summed E-state index contributed by atoms with van der Waals surface area (Å²) in [7, 11) is 0. The molecule has 1 heterocycles. The van der Waals surface area contributed by atoms with Crippen LogP contribution >= 0.6 is 0 Å². The van der Waals surface area contributed by atoms with Crippen LogP contribution in [0.4, 0.5) is 5.69 Å². The van der Waals surface area contributed by atoms with Crippen molar-refractivity contribution in [2.75, 3.05) is 18.5 Å². The van der Waals surface area contributed by atoms with Gasteiger partial charge in [-0.05, 0) is 54.9 Å². The van der Waals surface area contributed by atoms with Gasteiger partial charge in [0.05, 0.1) is 6.61 Å². The highest BCUT2D eigenvalue weighted by molar-refractivity contribution is 5.57. The average molecular weight is 273 g/mol. The molecule has 0 amide bonds. The number of fused-ring (bicyclic) bond motifs is 1. The van der Waals surface area contributed by atoms with Gasteiger partial charge in [-0.1, -0.05) is 27.2 Å². The quantitative estimate of drug-likeness (QED) is 0.866. The van der Waals surface area contributed by atoms with Crippen molar-refractivity contribution in [3.05, 3.63) is 23.8 Å². The number of anilines is 1. The van der Waals surface area contributed by atoms with Crippen molar-refractivity contribution in [1.82, 2.24) is 0 Å². The number of hydrogen-bond acceptors (Lipinski definition) is 2. The Morgan fingerprint density at radius 1 is 1.20 bits per heavy atom. The second kappa shape index (κ2) is 4.98. The van der Waals surface area contributed by atoms with Gasteiger partial charge in [0.1, 0.15) is 5.75 Å². The summed E-state index contributed by atoms with van der Waals surface area (Å²) in [4.78, 5) is 0. The maximum Gasteiger partial charge on any atom is 0.119 e. The molecule has 0 aromatic heterocycles. The Labute approximate surface area is 122 Å². The van der Waals surface area contributed by atoms with Crippen LogP contribution in [0.3, 0.4) is 0 Å². The fourth-order valence-electron chi connectivity index (χ4n) is 4.08. The minimum Gasteiger partial charge on any atom is -0.493 e. The summed E-state index contributed by atoms with van der Waals surface area (Å²) in [5.41, 5.74) is 3.48. The largest absolute Gasteiger partial charge is 0.493 e. The Kier molecular flexibility index (Phi) is 3.43. The van der Waals surface area contributed by atoms with Crippen molar-refractivity contribution in [2.45, 2.75) is 52.9 Å². The van der Waals surface area contributed by atoms with E-state index in [4.69, 9.17) is 4.74 Å². The number of nitrogens with one attached hydrogen (secondary N) is 1. The van der Waals surface area contributed by atoms with Crippen molar-refractivity contribution >= 4 is 5.69 Å². The number of benzene rings is 1. The third-order valence-corrected chi connectivity index (χ3v) is 4.91. The second-order valence-electron chi connectivity index (χ2n) is 7.79. The molecule has 0 spiro atoms. The molecule has 1 aliphatic carbocycles. The molecule has 110 valence electrons. The third-order valence-electron chi connectivity index (χ3n) is 4.91. The van der Waals surface area contributed by atoms with Crippen LogP contribution in [0, 0.1) is 10.8 Å². The van der Waals surface area contributed by atoms with E-state index in [-0.39, 0.29) is 0 Å². The Balaban J connectivity index is 1.64. The highest BCUT2D eigenvalue weighted by Crippen LogP contribution is 2.46. The molecule has 2 nitrogen and oxygen atoms in total. The van der Waals surface area contributed by atoms with E-state index in [0.717, 1.165) is 25.3 Å². The van der Waals surface area contributed by atoms with Crippen LogP contribution in [-0.4, -0.2) is 13.2 Å². The fraction of sp³-hybridized carbons (Fsp3) is 0.667. The number of rotatable bonds is 3. The lowest BCUT2D eigenvalue weighted by atomic mass is 9.65. The molecular weight excluding hydrogens is 246 g/mol. The first-order chi connectivity index (χ1) is 9.46. The molecule has 1 N–H and O–H groups in total. The topological polar surface area (TPSA) is 21.3 Å². The lowest BCUT2D eigenvalue weighted by Gasteiger charge is -2.42. The molecule has 1 aromatic carbocycles. The van der Waals surface area contributed by atoms with E-state index in [1.807, 2.05) is 0 Å². The van der Waals surface area contributed by atoms with Gasteiger partial charge in [-0.15, -0.1) is 0 Å². The molecule has 2 heteroatoms. The number of hydrogen-bond donors (Lipinski definition) is 1. The van der Waals surface area contributed by atoms with Gasteiger partial charge in [0.2, 0.25) is 0 Å². The van der Waals surface area contributed by atoms with Crippen LogP contribution in [0.5, 0.6) is 5.75 Å².